The van der Waals surface area contributed by atoms with E-state index in [2.05, 4.69) is 157 Å². The molecule has 4 bridgehead atoms. The highest BCUT2D eigenvalue weighted by molar-refractivity contribution is 6.06. The molecule has 260 valence electrons. The van der Waals surface area contributed by atoms with E-state index in [0.717, 1.165) is 51.3 Å². The van der Waals surface area contributed by atoms with Crippen molar-refractivity contribution in [1.82, 2.24) is 0 Å². The molecule has 2 nitrogen and oxygen atoms in total. The molecule has 54 heavy (non-hydrogen) atoms. The summed E-state index contributed by atoms with van der Waals surface area (Å²) in [6.45, 7) is 0. The molecule has 4 fully saturated rings. The van der Waals surface area contributed by atoms with Gasteiger partial charge >= 0.3 is 0 Å². The van der Waals surface area contributed by atoms with Crippen molar-refractivity contribution >= 4 is 39.0 Å². The fraction of sp³-hybridized carbons (Fsp3) is 0.192. The predicted octanol–water partition coefficient (Wildman–Crippen LogP) is 14.1. The van der Waals surface area contributed by atoms with Crippen molar-refractivity contribution in [3.63, 3.8) is 0 Å². The molecule has 8 aromatic rings. The molecule has 0 unspecified atom stereocenters. The van der Waals surface area contributed by atoms with E-state index in [1.54, 1.807) is 11.1 Å². The Kier molecular flexibility index (Phi) is 6.55. The van der Waals surface area contributed by atoms with E-state index in [-0.39, 0.29) is 5.41 Å². The van der Waals surface area contributed by atoms with Gasteiger partial charge in [0.1, 0.15) is 11.2 Å². The summed E-state index contributed by atoms with van der Waals surface area (Å²) in [6.07, 6.45) is 7.06. The van der Waals surface area contributed by atoms with Crippen LogP contribution < -0.4 is 4.90 Å². The van der Waals surface area contributed by atoms with Crippen LogP contribution in [-0.2, 0) is 5.41 Å². The van der Waals surface area contributed by atoms with E-state index < -0.39 is 0 Å². The number of furan rings is 1. The largest absolute Gasteiger partial charge is 0.456 e. The average Bonchev–Trinajstić information content (AvgIpc) is 3.74. The van der Waals surface area contributed by atoms with Crippen LogP contribution in [0.15, 0.2) is 168 Å². The lowest BCUT2D eigenvalue weighted by Crippen LogP contribution is -2.55. The second-order valence-electron chi connectivity index (χ2n) is 16.5. The second-order valence-corrected chi connectivity index (χ2v) is 16.5. The average molecular weight is 696 g/mol. The van der Waals surface area contributed by atoms with E-state index in [9.17, 15) is 0 Å². The van der Waals surface area contributed by atoms with Gasteiger partial charge in [-0.15, -0.1) is 0 Å². The van der Waals surface area contributed by atoms with Gasteiger partial charge in [-0.25, -0.2) is 0 Å². The summed E-state index contributed by atoms with van der Waals surface area (Å²) in [5.41, 5.74) is 16.4. The molecule has 1 aromatic heterocycles. The SMILES string of the molecule is c1ccc(-c2ccccc2N(c2ccc(-c3ccc4oc5ccccc5c4c3)cc2)c2ccc3c(c2)-c2ccccc2C32C3CC4CC(C3)CC2C4)cc1. The summed E-state index contributed by atoms with van der Waals surface area (Å²) >= 11 is 0. The molecule has 5 aliphatic carbocycles. The molecule has 0 aliphatic heterocycles. The Labute approximate surface area is 316 Å². The van der Waals surface area contributed by atoms with Gasteiger partial charge in [0.2, 0.25) is 0 Å². The minimum atomic E-state index is 0.160. The first-order chi connectivity index (χ1) is 26.7. The highest BCUT2D eigenvalue weighted by atomic mass is 16.3. The van der Waals surface area contributed by atoms with Crippen LogP contribution in [0, 0.1) is 23.7 Å². The first-order valence-electron chi connectivity index (χ1n) is 19.9. The molecule has 0 amide bonds. The zero-order valence-corrected chi connectivity index (χ0v) is 30.3. The smallest absolute Gasteiger partial charge is 0.135 e. The van der Waals surface area contributed by atoms with E-state index in [1.807, 2.05) is 12.1 Å². The number of nitrogens with zero attached hydrogens (tertiary/aromatic N) is 1. The lowest BCUT2D eigenvalue weighted by Gasteiger charge is -2.61. The third-order valence-corrected chi connectivity index (χ3v) is 13.9. The minimum absolute atomic E-state index is 0.160. The summed E-state index contributed by atoms with van der Waals surface area (Å²) in [7, 11) is 0. The number of fused-ring (bicyclic) bond motifs is 6. The molecule has 7 aromatic carbocycles. The topological polar surface area (TPSA) is 16.4 Å². The molecule has 4 saturated carbocycles. The van der Waals surface area contributed by atoms with Crippen molar-refractivity contribution < 1.29 is 4.42 Å². The van der Waals surface area contributed by atoms with E-state index in [4.69, 9.17) is 4.42 Å². The molecule has 0 saturated heterocycles. The summed E-state index contributed by atoms with van der Waals surface area (Å²) in [5, 5.41) is 2.31. The maximum absolute atomic E-state index is 6.15. The lowest BCUT2D eigenvalue weighted by molar-refractivity contribution is -0.0399. The van der Waals surface area contributed by atoms with Crippen molar-refractivity contribution in [2.24, 2.45) is 23.7 Å². The van der Waals surface area contributed by atoms with Gasteiger partial charge in [-0.1, -0.05) is 115 Å². The van der Waals surface area contributed by atoms with E-state index >= 15 is 0 Å². The fourth-order valence-corrected chi connectivity index (χ4v) is 12.0. The summed E-state index contributed by atoms with van der Waals surface area (Å²) in [4.78, 5) is 2.49. The normalized spacial score (nSPS) is 23.3. The zero-order valence-electron chi connectivity index (χ0n) is 30.3. The molecule has 0 atom stereocenters. The van der Waals surface area contributed by atoms with Crippen LogP contribution >= 0.6 is 0 Å². The van der Waals surface area contributed by atoms with Gasteiger partial charge < -0.3 is 9.32 Å². The highest BCUT2D eigenvalue weighted by Crippen LogP contribution is 2.69. The molecule has 1 spiro atoms. The summed E-state index contributed by atoms with van der Waals surface area (Å²) in [5.74, 6) is 3.37. The van der Waals surface area contributed by atoms with Crippen LogP contribution in [0.25, 0.3) is 55.3 Å². The predicted molar refractivity (Wildman–Crippen MR) is 223 cm³/mol. The van der Waals surface area contributed by atoms with Crippen molar-refractivity contribution in [1.29, 1.82) is 0 Å². The number of hydrogen-bond donors (Lipinski definition) is 0. The molecule has 1 heterocycles. The number of anilines is 3. The maximum atomic E-state index is 6.15. The van der Waals surface area contributed by atoms with Gasteiger partial charge in [-0.05, 0) is 143 Å². The van der Waals surface area contributed by atoms with Crippen molar-refractivity contribution in [2.45, 2.75) is 37.5 Å². The van der Waals surface area contributed by atoms with Crippen LogP contribution in [0.5, 0.6) is 0 Å². The van der Waals surface area contributed by atoms with E-state index in [1.165, 1.54) is 76.9 Å². The Morgan fingerprint density at radius 3 is 1.87 bits per heavy atom. The van der Waals surface area contributed by atoms with Gasteiger partial charge in [0.05, 0.1) is 5.69 Å². The Morgan fingerprint density at radius 1 is 0.426 bits per heavy atom. The highest BCUT2D eigenvalue weighted by Gasteiger charge is 2.61. The quantitative estimate of drug-likeness (QED) is 0.178. The van der Waals surface area contributed by atoms with Crippen LogP contribution in [0.3, 0.4) is 0 Å². The molecule has 13 rings (SSSR count). The van der Waals surface area contributed by atoms with Gasteiger partial charge in [-0.3, -0.25) is 0 Å². The van der Waals surface area contributed by atoms with Crippen LogP contribution in [0.4, 0.5) is 17.1 Å². The molecular weight excluding hydrogens is 655 g/mol. The molecule has 0 radical (unpaired) electrons. The van der Waals surface area contributed by atoms with Crippen molar-refractivity contribution in [3.8, 4) is 33.4 Å². The molecule has 5 aliphatic rings. The van der Waals surface area contributed by atoms with Gasteiger partial charge in [0, 0.05) is 33.1 Å². The minimum Gasteiger partial charge on any atom is -0.456 e. The molecule has 0 N–H and O–H groups in total. The molecular formula is C52H41NO. The maximum Gasteiger partial charge on any atom is 0.135 e. The Morgan fingerprint density at radius 2 is 1.06 bits per heavy atom. The fourth-order valence-electron chi connectivity index (χ4n) is 12.0. The first kappa shape index (κ1) is 30.6. The third kappa shape index (κ3) is 4.34. The standard InChI is InChI=1S/C52H41NO/c1-2-10-36(11-3-1)42-12-5-8-16-49(42)53(40-21-18-35(19-22-40)37-20-25-51-46(31-37)44-14-6-9-17-50(44)54-51)41-23-24-48-45(32-41)43-13-4-7-15-47(43)52(48)38-27-33-26-34(29-38)30-39(52)28-33/h1-25,31-34,38-39H,26-30H2. The van der Waals surface area contributed by atoms with Crippen LogP contribution in [-0.4, -0.2) is 0 Å². The first-order valence-corrected chi connectivity index (χ1v) is 19.9. The van der Waals surface area contributed by atoms with Gasteiger partial charge in [0.25, 0.3) is 0 Å². The Balaban J connectivity index is 1.02. The second kappa shape index (κ2) is 11.6. The Hall–Kier alpha value is -5.86. The monoisotopic (exact) mass is 695 g/mol. The van der Waals surface area contributed by atoms with Gasteiger partial charge in [0.15, 0.2) is 0 Å². The Bertz CT molecular complexity index is 2710. The number of para-hydroxylation sites is 2. The summed E-state index contributed by atoms with van der Waals surface area (Å²) < 4.78 is 6.15. The van der Waals surface area contributed by atoms with Crippen molar-refractivity contribution in [2.75, 3.05) is 4.90 Å². The zero-order chi connectivity index (χ0) is 35.4. The van der Waals surface area contributed by atoms with Crippen molar-refractivity contribution in [3.05, 3.63) is 175 Å². The molecule has 2 heteroatoms. The van der Waals surface area contributed by atoms with E-state index in [0.29, 0.717) is 0 Å². The number of rotatable bonds is 5. The van der Waals surface area contributed by atoms with Crippen LogP contribution in [0.2, 0.25) is 0 Å². The number of hydrogen-bond acceptors (Lipinski definition) is 2. The van der Waals surface area contributed by atoms with Crippen LogP contribution in [0.1, 0.15) is 43.2 Å². The number of benzene rings is 7. The third-order valence-electron chi connectivity index (χ3n) is 13.9. The van der Waals surface area contributed by atoms with Gasteiger partial charge in [-0.2, -0.15) is 0 Å². The summed E-state index contributed by atoms with van der Waals surface area (Å²) in [6, 6.07) is 60.8. The lowest BCUT2D eigenvalue weighted by atomic mass is 9.43.